The molecule has 338 valence electrons. The van der Waals surface area contributed by atoms with E-state index in [9.17, 15) is 28.8 Å². The first kappa shape index (κ1) is 55.0. The number of carbonyl (C=O) groups excluding carboxylic acids is 6. The van der Waals surface area contributed by atoms with Gasteiger partial charge in [0.1, 0.15) is 64.1 Å². The zero-order chi connectivity index (χ0) is 45.6. The van der Waals surface area contributed by atoms with Gasteiger partial charge in [-0.15, -0.1) is 0 Å². The molecule has 0 fully saturated rings. The summed E-state index contributed by atoms with van der Waals surface area (Å²) in [6, 6.07) is 0. The molecule has 0 aromatic carbocycles. The Morgan fingerprint density at radius 2 is 0.517 bits per heavy atom. The van der Waals surface area contributed by atoms with Crippen LogP contribution in [0.25, 0.3) is 0 Å². The number of ether oxygens (including phenoxy) is 12. The van der Waals surface area contributed by atoms with Crippen LogP contribution in [0.2, 0.25) is 0 Å². The minimum atomic E-state index is -1.21. The second kappa shape index (κ2) is 31.9. The molecule has 0 bridgehead atoms. The van der Waals surface area contributed by atoms with E-state index in [2.05, 4.69) is 39.5 Å². The standard InChI is InChI=1S/C42H62O18/c1-27(2)37(43)55-15-13-49-25-33(51-17-21-57-39(45)29(5)6)35(53-19-23-59-41(47)31(9)10)36(54-20-24-60-42(48)32(11)12)34(52-18-22-58-40(46)30(7)8)26-50-14-16-56-38(44)28(3)4/h33-36H,1,3,5,7,9,11,13-26H2,2,4,6,8,10,12H3. The highest BCUT2D eigenvalue weighted by Crippen LogP contribution is 2.20. The van der Waals surface area contributed by atoms with Crippen molar-refractivity contribution in [2.45, 2.75) is 66.0 Å². The molecule has 4 unspecified atom stereocenters. The SMILES string of the molecule is C=C(C)C(=O)OCCOCC(OCCOC(=O)C(=C)C)C(OCCOC(=O)C(=C)C)C(OCCOC(=O)C(=C)C)C(COCCOC(=O)C(=C)C)OCCOC(=O)C(=C)C. The molecule has 0 saturated carbocycles. The lowest BCUT2D eigenvalue weighted by atomic mass is 10.0. The third kappa shape index (κ3) is 25.5. The molecular weight excluding hydrogens is 792 g/mol. The maximum Gasteiger partial charge on any atom is 0.333 e. The molecule has 0 N–H and O–H groups in total. The van der Waals surface area contributed by atoms with Crippen molar-refractivity contribution in [3.05, 3.63) is 72.9 Å². The lowest BCUT2D eigenvalue weighted by Crippen LogP contribution is -2.53. The fraction of sp³-hybridized carbons (Fsp3) is 0.571. The van der Waals surface area contributed by atoms with Gasteiger partial charge in [0.05, 0.1) is 52.9 Å². The fourth-order valence-electron chi connectivity index (χ4n) is 4.13. The van der Waals surface area contributed by atoms with Crippen molar-refractivity contribution in [3.63, 3.8) is 0 Å². The monoisotopic (exact) mass is 854 g/mol. The molecule has 0 aliphatic heterocycles. The second-order valence-electron chi connectivity index (χ2n) is 13.1. The van der Waals surface area contributed by atoms with Crippen LogP contribution in [0.15, 0.2) is 72.9 Å². The van der Waals surface area contributed by atoms with Crippen molar-refractivity contribution in [1.29, 1.82) is 0 Å². The highest BCUT2D eigenvalue weighted by atomic mass is 16.6. The van der Waals surface area contributed by atoms with Gasteiger partial charge in [-0.05, 0) is 41.5 Å². The van der Waals surface area contributed by atoms with E-state index in [1.165, 1.54) is 41.5 Å². The van der Waals surface area contributed by atoms with E-state index in [1.54, 1.807) is 0 Å². The maximum absolute atomic E-state index is 12.2. The van der Waals surface area contributed by atoms with Crippen molar-refractivity contribution in [2.24, 2.45) is 0 Å². The molecular formula is C42H62O18. The summed E-state index contributed by atoms with van der Waals surface area (Å²) < 4.78 is 67.9. The van der Waals surface area contributed by atoms with E-state index in [4.69, 9.17) is 56.8 Å². The van der Waals surface area contributed by atoms with Crippen LogP contribution < -0.4 is 0 Å². The highest BCUT2D eigenvalue weighted by Gasteiger charge is 2.39. The Hall–Kier alpha value is -4.98. The minimum Gasteiger partial charge on any atom is -0.460 e. The molecule has 0 amide bonds. The summed E-state index contributed by atoms with van der Waals surface area (Å²) in [5, 5.41) is 0. The number of hydrogen-bond donors (Lipinski definition) is 0. The van der Waals surface area contributed by atoms with Gasteiger partial charge >= 0.3 is 35.8 Å². The molecule has 0 rings (SSSR count). The summed E-state index contributed by atoms with van der Waals surface area (Å²) in [6.45, 7) is 27.4. The van der Waals surface area contributed by atoms with Gasteiger partial charge in [-0.2, -0.15) is 0 Å². The Morgan fingerprint density at radius 1 is 0.317 bits per heavy atom. The molecule has 0 spiro atoms. The van der Waals surface area contributed by atoms with E-state index in [1.807, 2.05) is 0 Å². The van der Waals surface area contributed by atoms with Gasteiger partial charge in [-0.1, -0.05) is 39.5 Å². The molecule has 0 aromatic heterocycles. The summed E-state index contributed by atoms with van der Waals surface area (Å²) in [5.41, 5.74) is 0.992. The number of hydrogen-bond acceptors (Lipinski definition) is 18. The normalized spacial score (nSPS) is 12.7. The lowest BCUT2D eigenvalue weighted by Gasteiger charge is -2.37. The molecule has 0 aromatic rings. The molecule has 4 atom stereocenters. The van der Waals surface area contributed by atoms with Crippen LogP contribution >= 0.6 is 0 Å². The molecule has 0 aliphatic rings. The maximum atomic E-state index is 12.2. The second-order valence-corrected chi connectivity index (χ2v) is 13.1. The van der Waals surface area contributed by atoms with Crippen molar-refractivity contribution >= 4 is 35.8 Å². The van der Waals surface area contributed by atoms with Gasteiger partial charge in [-0.25, -0.2) is 28.8 Å². The Kier molecular flexibility index (Phi) is 29.2. The summed E-state index contributed by atoms with van der Waals surface area (Å²) in [7, 11) is 0. The first-order valence-electron chi connectivity index (χ1n) is 18.9. The summed E-state index contributed by atoms with van der Waals surface area (Å²) in [6.07, 6.45) is -4.64. The van der Waals surface area contributed by atoms with Crippen LogP contribution in [0.1, 0.15) is 41.5 Å². The number of rotatable bonds is 35. The van der Waals surface area contributed by atoms with Crippen LogP contribution in [-0.4, -0.2) is 153 Å². The molecule has 0 aliphatic carbocycles. The van der Waals surface area contributed by atoms with Gasteiger partial charge in [0.25, 0.3) is 0 Å². The summed E-state index contributed by atoms with van der Waals surface area (Å²) in [4.78, 5) is 72.5. The van der Waals surface area contributed by atoms with E-state index in [0.717, 1.165) is 0 Å². The first-order valence-corrected chi connectivity index (χ1v) is 18.9. The predicted molar refractivity (Wildman–Crippen MR) is 215 cm³/mol. The van der Waals surface area contributed by atoms with Crippen LogP contribution in [0.4, 0.5) is 0 Å². The molecule has 60 heavy (non-hydrogen) atoms. The first-order chi connectivity index (χ1) is 28.3. The molecule has 0 radical (unpaired) electrons. The van der Waals surface area contributed by atoms with Crippen LogP contribution in [0.3, 0.4) is 0 Å². The molecule has 0 saturated heterocycles. The van der Waals surface area contributed by atoms with Crippen LogP contribution in [-0.2, 0) is 85.6 Å². The molecule has 18 heteroatoms. The van der Waals surface area contributed by atoms with Gasteiger partial charge < -0.3 is 56.8 Å². The topological polar surface area (TPSA) is 213 Å². The fourth-order valence-corrected chi connectivity index (χ4v) is 4.13. The average molecular weight is 855 g/mol. The largest absolute Gasteiger partial charge is 0.460 e. The van der Waals surface area contributed by atoms with Crippen molar-refractivity contribution in [1.82, 2.24) is 0 Å². The zero-order valence-electron chi connectivity index (χ0n) is 35.8. The van der Waals surface area contributed by atoms with Gasteiger partial charge in [0.2, 0.25) is 0 Å². The molecule has 0 heterocycles. The number of carbonyl (C=O) groups is 6. The van der Waals surface area contributed by atoms with Crippen LogP contribution in [0.5, 0.6) is 0 Å². The smallest absolute Gasteiger partial charge is 0.333 e. The predicted octanol–water partition coefficient (Wildman–Crippen LogP) is 3.28. The zero-order valence-corrected chi connectivity index (χ0v) is 35.8. The van der Waals surface area contributed by atoms with Gasteiger partial charge in [-0.3, -0.25) is 0 Å². The Labute approximate surface area is 352 Å². The molecule has 18 nitrogen and oxygen atoms in total. The number of esters is 6. The van der Waals surface area contributed by atoms with Gasteiger partial charge in [0.15, 0.2) is 0 Å². The van der Waals surface area contributed by atoms with Gasteiger partial charge in [0, 0.05) is 33.4 Å². The lowest BCUT2D eigenvalue weighted by molar-refractivity contribution is -0.206. The Morgan fingerprint density at radius 3 is 0.733 bits per heavy atom. The van der Waals surface area contributed by atoms with E-state index >= 15 is 0 Å². The summed E-state index contributed by atoms with van der Waals surface area (Å²) in [5.74, 6) is -3.91. The van der Waals surface area contributed by atoms with E-state index < -0.39 is 60.2 Å². The van der Waals surface area contributed by atoms with Crippen molar-refractivity contribution < 1.29 is 85.6 Å². The summed E-state index contributed by atoms with van der Waals surface area (Å²) >= 11 is 0. The quantitative estimate of drug-likeness (QED) is 0.0387. The third-order valence-electron chi connectivity index (χ3n) is 7.18. The Bertz CT molecular complexity index is 1390. The van der Waals surface area contributed by atoms with Crippen molar-refractivity contribution in [3.8, 4) is 0 Å². The Balaban J connectivity index is 6.96. The van der Waals surface area contributed by atoms with Crippen molar-refractivity contribution in [2.75, 3.05) is 92.5 Å². The van der Waals surface area contributed by atoms with E-state index in [0.29, 0.717) is 0 Å². The highest BCUT2D eigenvalue weighted by molar-refractivity contribution is 5.88. The minimum absolute atomic E-state index is 0.102. The third-order valence-corrected chi connectivity index (χ3v) is 7.18. The van der Waals surface area contributed by atoms with Crippen LogP contribution in [0, 0.1) is 0 Å². The van der Waals surface area contributed by atoms with E-state index in [-0.39, 0.29) is 126 Å². The average Bonchev–Trinajstić information content (AvgIpc) is 3.18.